The Bertz CT molecular complexity index is 1330. The summed E-state index contributed by atoms with van der Waals surface area (Å²) in [4.78, 5) is 62.8. The molecule has 0 aromatic carbocycles. The zero-order valence-corrected chi connectivity index (χ0v) is 23.6. The van der Waals surface area contributed by atoms with Gasteiger partial charge in [-0.3, -0.25) is 19.3 Å². The number of carboxylic acid groups (broad SMARTS) is 1. The Morgan fingerprint density at radius 1 is 1.39 bits per heavy atom. The average molecular weight is 561 g/mol. The van der Waals surface area contributed by atoms with E-state index in [-0.39, 0.29) is 63.3 Å². The number of hydrogen-bond acceptors (Lipinski definition) is 14. The van der Waals surface area contributed by atoms with E-state index in [9.17, 15) is 24.3 Å². The van der Waals surface area contributed by atoms with E-state index in [1.807, 2.05) is 0 Å². The van der Waals surface area contributed by atoms with Crippen LogP contribution < -0.4 is 51.3 Å². The maximum absolute atomic E-state index is 12.9. The van der Waals surface area contributed by atoms with Crippen molar-refractivity contribution in [2.75, 3.05) is 24.3 Å². The van der Waals surface area contributed by atoms with Crippen LogP contribution in [0.25, 0.3) is 0 Å². The molecule has 4 rings (SSSR count). The first-order valence-electron chi connectivity index (χ1n) is 9.75. The number of amides is 2. The number of hydrogen-bond donors (Lipinski definition) is 2. The van der Waals surface area contributed by atoms with E-state index in [4.69, 9.17) is 10.6 Å². The van der Waals surface area contributed by atoms with Gasteiger partial charge in [-0.05, 0) is 5.57 Å². The van der Waals surface area contributed by atoms with Gasteiger partial charge in [-0.1, -0.05) is 16.9 Å². The number of aromatic nitrogens is 4. The molecule has 1 saturated heterocycles. The standard InChI is InChI=1S/C18H18N8O6S3.Na/c1-25-18(22-9(27)3-20-25)35-5-7-4-33-15-11(14(29)26(15)12(7)16(30)31)23-13(28)10(24-32-2)8-6-34-17(19)21-8;/h3,6,11,15H,4-5H2,1-2H3,(H2,19,21)(H,23,28)(H,30,31);/q;+1/p-1/b24-10-;/t11-,15-;/m1./s1. The number of oxime groups is 1. The summed E-state index contributed by atoms with van der Waals surface area (Å²) in [6.07, 6.45) is 1.07. The number of nitrogens with one attached hydrogen (secondary N) is 1. The summed E-state index contributed by atoms with van der Waals surface area (Å²) >= 11 is 3.50. The van der Waals surface area contributed by atoms with Crippen molar-refractivity contribution in [3.05, 3.63) is 38.9 Å². The van der Waals surface area contributed by atoms with Crippen LogP contribution in [0.15, 0.2) is 38.0 Å². The topological polar surface area (TPSA) is 198 Å². The summed E-state index contributed by atoms with van der Waals surface area (Å²) in [5, 5.41) is 23.4. The Labute approximate surface area is 238 Å². The van der Waals surface area contributed by atoms with Crippen molar-refractivity contribution in [1.29, 1.82) is 0 Å². The van der Waals surface area contributed by atoms with Gasteiger partial charge in [0.1, 0.15) is 30.4 Å². The number of fused-ring (bicyclic) bond motifs is 1. The number of thioether (sulfide) groups is 2. The van der Waals surface area contributed by atoms with E-state index in [2.05, 4.69) is 25.5 Å². The number of nitrogens with two attached hydrogens (primary N) is 1. The third kappa shape index (κ3) is 5.60. The van der Waals surface area contributed by atoms with Gasteiger partial charge < -0.3 is 25.8 Å². The smallest absolute Gasteiger partial charge is 0.543 e. The molecule has 0 bridgehead atoms. The third-order valence-electron chi connectivity index (χ3n) is 4.89. The molecule has 2 aliphatic rings. The normalized spacial score (nSPS) is 19.2. The molecule has 0 spiro atoms. The molecule has 2 aromatic heterocycles. The number of carbonyl (C=O) groups excluding carboxylic acids is 3. The molecule has 4 heterocycles. The first-order chi connectivity index (χ1) is 16.7. The zero-order valence-electron chi connectivity index (χ0n) is 19.2. The molecule has 3 N–H and O–H groups in total. The first kappa shape index (κ1) is 28.1. The predicted octanol–water partition coefficient (Wildman–Crippen LogP) is -5.24. The number of carbonyl (C=O) groups is 3. The summed E-state index contributed by atoms with van der Waals surface area (Å²) in [5.41, 5.74) is 5.27. The van der Waals surface area contributed by atoms with Gasteiger partial charge >= 0.3 is 29.6 Å². The molecule has 0 aliphatic carbocycles. The predicted molar refractivity (Wildman–Crippen MR) is 125 cm³/mol. The van der Waals surface area contributed by atoms with Crippen LogP contribution in [0.3, 0.4) is 0 Å². The van der Waals surface area contributed by atoms with E-state index in [1.165, 1.54) is 28.9 Å². The molecule has 184 valence electrons. The summed E-state index contributed by atoms with van der Waals surface area (Å²) in [5.74, 6) is -2.45. The molecule has 0 unspecified atom stereocenters. The van der Waals surface area contributed by atoms with Crippen molar-refractivity contribution in [3.8, 4) is 0 Å². The Morgan fingerprint density at radius 3 is 2.78 bits per heavy atom. The van der Waals surface area contributed by atoms with Crippen LogP contribution in [-0.4, -0.2) is 78.2 Å². The number of carboxylic acids is 1. The van der Waals surface area contributed by atoms with Gasteiger partial charge in [0.25, 0.3) is 17.4 Å². The molecular weight excluding hydrogens is 543 g/mol. The van der Waals surface area contributed by atoms with Gasteiger partial charge in [0.05, 0.1) is 11.7 Å². The summed E-state index contributed by atoms with van der Waals surface area (Å²) in [6, 6.07) is -0.991. The van der Waals surface area contributed by atoms with Crippen LogP contribution in [0.5, 0.6) is 0 Å². The molecule has 2 aliphatic heterocycles. The number of anilines is 1. The molecule has 0 saturated carbocycles. The Hall–Kier alpha value is -2.44. The van der Waals surface area contributed by atoms with Crippen molar-refractivity contribution >= 4 is 63.5 Å². The maximum atomic E-state index is 12.9. The molecule has 0 radical (unpaired) electrons. The number of nitrogen functional groups attached to an aromatic ring is 1. The maximum Gasteiger partial charge on any atom is 1.00 e. The minimum atomic E-state index is -1.52. The molecule has 14 nitrogen and oxygen atoms in total. The average Bonchev–Trinajstić information content (AvgIpc) is 3.26. The number of rotatable bonds is 8. The number of β-lactam (4-membered cyclic amide) rings is 1. The van der Waals surface area contributed by atoms with Crippen LogP contribution in [0, 0.1) is 0 Å². The van der Waals surface area contributed by atoms with E-state index >= 15 is 0 Å². The summed E-state index contributed by atoms with van der Waals surface area (Å²) in [7, 11) is 2.85. The SMILES string of the molecule is CO/N=C(\C(=O)N[C@@H]1C(=O)N2C(C(=O)[O-])=C(CSc3nc(=O)cnn3C)CS[C@H]12)c1csc(N)n1.[Na+]. The molecule has 1 fully saturated rings. The molecule has 2 atom stereocenters. The fourth-order valence-corrected chi connectivity index (χ4v) is 6.30. The van der Waals surface area contributed by atoms with Crippen molar-refractivity contribution in [2.45, 2.75) is 16.6 Å². The van der Waals surface area contributed by atoms with E-state index in [1.54, 1.807) is 7.05 Å². The van der Waals surface area contributed by atoms with Gasteiger partial charge in [0, 0.05) is 23.9 Å². The first-order valence-corrected chi connectivity index (χ1v) is 12.7. The number of aryl methyl sites for hydroxylation is 1. The summed E-state index contributed by atoms with van der Waals surface area (Å²) in [6.45, 7) is 0. The van der Waals surface area contributed by atoms with Gasteiger partial charge in [-0.15, -0.1) is 23.1 Å². The van der Waals surface area contributed by atoms with Gasteiger partial charge in [0.2, 0.25) is 0 Å². The number of aliphatic carboxylic acids is 1. The van der Waals surface area contributed by atoms with Gasteiger partial charge in [-0.25, -0.2) is 9.67 Å². The van der Waals surface area contributed by atoms with Gasteiger partial charge in [0.15, 0.2) is 16.0 Å². The molecule has 36 heavy (non-hydrogen) atoms. The Kier molecular flexibility index (Phi) is 9.18. The number of thiazole rings is 1. The second-order valence-electron chi connectivity index (χ2n) is 7.08. The second kappa shape index (κ2) is 11.7. The van der Waals surface area contributed by atoms with Crippen molar-refractivity contribution in [2.24, 2.45) is 12.2 Å². The van der Waals surface area contributed by atoms with Crippen LogP contribution in [0.1, 0.15) is 5.69 Å². The van der Waals surface area contributed by atoms with Crippen LogP contribution in [0.2, 0.25) is 0 Å². The van der Waals surface area contributed by atoms with Crippen LogP contribution in [0.4, 0.5) is 5.13 Å². The minimum Gasteiger partial charge on any atom is -0.543 e. The molecule has 18 heteroatoms. The van der Waals surface area contributed by atoms with E-state index < -0.39 is 34.8 Å². The van der Waals surface area contributed by atoms with Crippen LogP contribution >= 0.6 is 34.9 Å². The number of nitrogens with zero attached hydrogens (tertiary/aromatic N) is 6. The van der Waals surface area contributed by atoms with Crippen LogP contribution in [-0.2, 0) is 26.3 Å². The Balaban J connectivity index is 0.00000361. The molecule has 2 aromatic rings. The van der Waals surface area contributed by atoms with Crippen molar-refractivity contribution < 1.29 is 53.9 Å². The fourth-order valence-electron chi connectivity index (χ4n) is 3.34. The largest absolute Gasteiger partial charge is 1.00 e. The quantitative estimate of drug-likeness (QED) is 0.102. The zero-order chi connectivity index (χ0) is 25.3. The van der Waals surface area contributed by atoms with E-state index in [0.29, 0.717) is 10.7 Å². The van der Waals surface area contributed by atoms with Crippen molar-refractivity contribution in [1.82, 2.24) is 30.0 Å². The molecule has 2 amide bonds. The molecular formula is C18H17N8NaO6S3. The Morgan fingerprint density at radius 2 is 2.14 bits per heavy atom. The van der Waals surface area contributed by atoms with Gasteiger partial charge in [-0.2, -0.15) is 10.1 Å². The van der Waals surface area contributed by atoms with E-state index in [0.717, 1.165) is 34.2 Å². The monoisotopic (exact) mass is 560 g/mol. The second-order valence-corrected chi connectivity index (χ2v) is 10.0. The minimum absolute atomic E-state index is 0. The third-order valence-corrected chi connectivity index (χ3v) is 8.01. The van der Waals surface area contributed by atoms with Crippen molar-refractivity contribution in [3.63, 3.8) is 0 Å². The summed E-state index contributed by atoms with van der Waals surface area (Å²) < 4.78 is 1.39. The fraction of sp³-hybridized carbons (Fsp3) is 0.333.